The van der Waals surface area contributed by atoms with E-state index in [0.717, 1.165) is 16.9 Å². The number of nitrogens with one attached hydrogen (secondary N) is 2. The zero-order valence-electron chi connectivity index (χ0n) is 13.4. The van der Waals surface area contributed by atoms with Crippen LogP contribution in [0.3, 0.4) is 0 Å². The Morgan fingerprint density at radius 3 is 2.65 bits per heavy atom. The van der Waals surface area contributed by atoms with Gasteiger partial charge < -0.3 is 10.6 Å². The first kappa shape index (κ1) is 17.5. The Kier molecular flexibility index (Phi) is 5.46. The zero-order valence-corrected chi connectivity index (χ0v) is 14.2. The minimum atomic E-state index is -1.03. The Morgan fingerprint density at radius 2 is 2.09 bits per heavy atom. The second-order valence-electron chi connectivity index (χ2n) is 5.35. The number of allylic oxidation sites excluding steroid dienone is 2. The molecule has 1 aromatic rings. The standard InChI is InChI=1S/C17H20F2N2OS/c1-5-10(9(2)23-4)12-8-13(12)11-6-7-14(16(19)15(11)18)21-17(22)20-3/h5-7,12-13H,2,8H2,1,3-4H3,(H2,20,21,22)/b10-5+. The van der Waals surface area contributed by atoms with Gasteiger partial charge in [0.1, 0.15) is 0 Å². The molecule has 1 aromatic carbocycles. The van der Waals surface area contributed by atoms with E-state index in [1.165, 1.54) is 13.1 Å². The first-order valence-corrected chi connectivity index (χ1v) is 8.53. The minimum Gasteiger partial charge on any atom is -0.341 e. The predicted molar refractivity (Wildman–Crippen MR) is 91.7 cm³/mol. The average Bonchev–Trinajstić information content (AvgIpc) is 3.32. The van der Waals surface area contributed by atoms with E-state index in [1.54, 1.807) is 17.8 Å². The van der Waals surface area contributed by atoms with Gasteiger partial charge in [-0.05, 0) is 48.6 Å². The molecule has 1 fully saturated rings. The largest absolute Gasteiger partial charge is 0.341 e. The van der Waals surface area contributed by atoms with E-state index in [2.05, 4.69) is 17.2 Å². The predicted octanol–water partition coefficient (Wildman–Crippen LogP) is 4.64. The maximum absolute atomic E-state index is 14.3. The maximum Gasteiger partial charge on any atom is 0.319 e. The Morgan fingerprint density at radius 1 is 1.39 bits per heavy atom. The van der Waals surface area contributed by atoms with Crippen LogP contribution in [-0.2, 0) is 0 Å². The SMILES string of the molecule is C=C(SC)/C(=C\C)C1CC1c1ccc(NC(=O)NC)c(F)c1F. The van der Waals surface area contributed by atoms with Crippen LogP contribution in [0, 0.1) is 17.6 Å². The van der Waals surface area contributed by atoms with Gasteiger partial charge >= 0.3 is 6.03 Å². The topological polar surface area (TPSA) is 41.1 Å². The summed E-state index contributed by atoms with van der Waals surface area (Å²) < 4.78 is 28.5. The summed E-state index contributed by atoms with van der Waals surface area (Å²) in [6, 6.07) is 2.36. The van der Waals surface area contributed by atoms with Crippen molar-refractivity contribution in [2.45, 2.75) is 19.3 Å². The lowest BCUT2D eigenvalue weighted by Gasteiger charge is -2.11. The number of carbonyl (C=O) groups is 1. The normalized spacial score (nSPS) is 20.1. The molecule has 0 aliphatic heterocycles. The highest BCUT2D eigenvalue weighted by Gasteiger charge is 2.43. The molecule has 0 aromatic heterocycles. The lowest BCUT2D eigenvalue weighted by Crippen LogP contribution is -2.25. The third-order valence-corrected chi connectivity index (χ3v) is 4.78. The van der Waals surface area contributed by atoms with E-state index < -0.39 is 17.7 Å². The van der Waals surface area contributed by atoms with Crippen LogP contribution in [0.25, 0.3) is 0 Å². The quantitative estimate of drug-likeness (QED) is 0.768. The lowest BCUT2D eigenvalue weighted by molar-refractivity contribution is 0.254. The van der Waals surface area contributed by atoms with Gasteiger partial charge in [-0.15, -0.1) is 11.8 Å². The molecular formula is C17H20F2N2OS. The molecule has 2 N–H and O–H groups in total. The van der Waals surface area contributed by atoms with Crippen LogP contribution in [0.1, 0.15) is 24.8 Å². The summed E-state index contributed by atoms with van der Waals surface area (Å²) in [5.74, 6) is -1.79. The Balaban J connectivity index is 2.22. The van der Waals surface area contributed by atoms with Crippen molar-refractivity contribution in [2.24, 2.45) is 5.92 Å². The number of hydrogen-bond donors (Lipinski definition) is 2. The second-order valence-corrected chi connectivity index (χ2v) is 6.26. The highest BCUT2D eigenvalue weighted by atomic mass is 32.2. The van der Waals surface area contributed by atoms with E-state index in [-0.39, 0.29) is 17.5 Å². The molecule has 0 spiro atoms. The molecule has 2 unspecified atom stereocenters. The van der Waals surface area contributed by atoms with Gasteiger partial charge in [0.25, 0.3) is 0 Å². The van der Waals surface area contributed by atoms with E-state index >= 15 is 0 Å². The van der Waals surface area contributed by atoms with Crippen molar-refractivity contribution < 1.29 is 13.6 Å². The fraction of sp³-hybridized carbons (Fsp3) is 0.353. The van der Waals surface area contributed by atoms with Gasteiger partial charge in [0.2, 0.25) is 0 Å². The molecule has 6 heteroatoms. The van der Waals surface area contributed by atoms with Crippen molar-refractivity contribution in [3.63, 3.8) is 0 Å². The Bertz CT molecular complexity index is 673. The molecule has 2 rings (SSSR count). The summed E-state index contributed by atoms with van der Waals surface area (Å²) >= 11 is 1.56. The molecule has 124 valence electrons. The van der Waals surface area contributed by atoms with Crippen LogP contribution < -0.4 is 10.6 Å². The molecule has 0 saturated heterocycles. The van der Waals surface area contributed by atoms with Gasteiger partial charge in [-0.2, -0.15) is 0 Å². The lowest BCUT2D eigenvalue weighted by atomic mass is 10.0. The third kappa shape index (κ3) is 3.58. The van der Waals surface area contributed by atoms with Gasteiger partial charge in [0.15, 0.2) is 11.6 Å². The van der Waals surface area contributed by atoms with Crippen LogP contribution >= 0.6 is 11.8 Å². The van der Waals surface area contributed by atoms with Crippen LogP contribution in [0.4, 0.5) is 19.3 Å². The smallest absolute Gasteiger partial charge is 0.319 e. The highest BCUT2D eigenvalue weighted by Crippen LogP contribution is 2.55. The number of rotatable bonds is 5. The Hall–Kier alpha value is -1.82. The fourth-order valence-electron chi connectivity index (χ4n) is 2.71. The highest BCUT2D eigenvalue weighted by molar-refractivity contribution is 8.02. The minimum absolute atomic E-state index is 0.0475. The van der Waals surface area contributed by atoms with Gasteiger partial charge in [-0.1, -0.05) is 18.7 Å². The van der Waals surface area contributed by atoms with Crippen molar-refractivity contribution in [1.82, 2.24) is 5.32 Å². The molecule has 0 bridgehead atoms. The molecule has 1 saturated carbocycles. The van der Waals surface area contributed by atoms with Crippen LogP contribution in [0.2, 0.25) is 0 Å². The number of hydrogen-bond acceptors (Lipinski definition) is 2. The molecule has 1 aliphatic carbocycles. The summed E-state index contributed by atoms with van der Waals surface area (Å²) in [5, 5.41) is 4.57. The number of amides is 2. The van der Waals surface area contributed by atoms with E-state index in [4.69, 9.17) is 0 Å². The molecule has 3 nitrogen and oxygen atoms in total. The van der Waals surface area contributed by atoms with Gasteiger partial charge in [0, 0.05) is 12.0 Å². The van der Waals surface area contributed by atoms with Crippen molar-refractivity contribution in [2.75, 3.05) is 18.6 Å². The third-order valence-electron chi connectivity index (χ3n) is 4.06. The molecule has 1 aliphatic rings. The zero-order chi connectivity index (χ0) is 17.1. The first-order chi connectivity index (χ1) is 10.9. The van der Waals surface area contributed by atoms with Crippen molar-refractivity contribution >= 4 is 23.5 Å². The number of urea groups is 1. The van der Waals surface area contributed by atoms with Gasteiger partial charge in [0.05, 0.1) is 5.69 Å². The molecule has 2 atom stereocenters. The summed E-state index contributed by atoms with van der Waals surface area (Å²) in [4.78, 5) is 12.2. The number of benzene rings is 1. The van der Waals surface area contributed by atoms with Gasteiger partial charge in [-0.3, -0.25) is 0 Å². The molecule has 2 amide bonds. The second kappa shape index (κ2) is 7.17. The number of thioether (sulfide) groups is 1. The molecule has 23 heavy (non-hydrogen) atoms. The molecular weight excluding hydrogens is 318 g/mol. The van der Waals surface area contributed by atoms with Crippen molar-refractivity contribution in [1.29, 1.82) is 0 Å². The first-order valence-electron chi connectivity index (χ1n) is 7.30. The van der Waals surface area contributed by atoms with Crippen molar-refractivity contribution in [3.05, 3.63) is 52.5 Å². The average molecular weight is 338 g/mol. The number of halogens is 2. The van der Waals surface area contributed by atoms with E-state index in [9.17, 15) is 13.6 Å². The van der Waals surface area contributed by atoms with Crippen molar-refractivity contribution in [3.8, 4) is 0 Å². The number of carbonyl (C=O) groups excluding carboxylic acids is 1. The summed E-state index contributed by atoms with van der Waals surface area (Å²) in [7, 11) is 1.41. The van der Waals surface area contributed by atoms with E-state index in [0.29, 0.717) is 5.56 Å². The van der Waals surface area contributed by atoms with Crippen LogP contribution in [-0.4, -0.2) is 19.3 Å². The van der Waals surface area contributed by atoms with Crippen LogP contribution in [0.5, 0.6) is 0 Å². The number of anilines is 1. The fourth-order valence-corrected chi connectivity index (χ4v) is 3.22. The summed E-state index contributed by atoms with van der Waals surface area (Å²) in [5.41, 5.74) is 1.28. The summed E-state index contributed by atoms with van der Waals surface area (Å²) in [6.07, 6.45) is 4.71. The Labute approximate surface area is 139 Å². The monoisotopic (exact) mass is 338 g/mol. The van der Waals surface area contributed by atoms with E-state index in [1.807, 2.05) is 19.3 Å². The van der Waals surface area contributed by atoms with Crippen LogP contribution in [0.15, 0.2) is 35.3 Å². The summed E-state index contributed by atoms with van der Waals surface area (Å²) in [6.45, 7) is 5.93. The molecule has 0 heterocycles. The maximum atomic E-state index is 14.3. The molecule has 0 radical (unpaired) electrons. The van der Waals surface area contributed by atoms with Gasteiger partial charge in [-0.25, -0.2) is 13.6 Å².